The van der Waals surface area contributed by atoms with Crippen LogP contribution in [-0.2, 0) is 14.4 Å². The number of fused-ring (bicyclic) bond motifs is 2. The van der Waals surface area contributed by atoms with Gasteiger partial charge < -0.3 is 40.3 Å². The zero-order valence-electron chi connectivity index (χ0n) is 45.5. The van der Waals surface area contributed by atoms with Crippen LogP contribution in [0.3, 0.4) is 0 Å². The van der Waals surface area contributed by atoms with Gasteiger partial charge in [0.25, 0.3) is 0 Å². The molecule has 3 aliphatic rings. The van der Waals surface area contributed by atoms with E-state index in [1.807, 2.05) is 56.9 Å². The third-order valence-electron chi connectivity index (χ3n) is 15.7. The van der Waals surface area contributed by atoms with Gasteiger partial charge in [-0.15, -0.1) is 11.3 Å². The molecular formula is C61H72ClFN8O6S. The fraction of sp³-hybridized carbons (Fsp3) is 0.426. The number of piperazine rings is 1. The molecule has 5 atom stereocenters. The van der Waals surface area contributed by atoms with E-state index >= 15 is 4.39 Å². The number of aliphatic hydroxyl groups excluding tert-OH is 1. The number of nitrogens with one attached hydrogen (secondary N) is 2. The Hall–Kier alpha value is -6.59. The predicted molar refractivity (Wildman–Crippen MR) is 309 cm³/mol. The molecule has 3 saturated heterocycles. The summed E-state index contributed by atoms with van der Waals surface area (Å²) in [5, 5.41) is 32.3. The van der Waals surface area contributed by atoms with Crippen LogP contribution in [0.15, 0.2) is 103 Å². The average molecular weight is 1100 g/mol. The summed E-state index contributed by atoms with van der Waals surface area (Å²) in [5.41, 5.74) is 4.09. The molecule has 0 aliphatic carbocycles. The molecule has 0 unspecified atom stereocenters. The molecule has 0 bridgehead atoms. The van der Waals surface area contributed by atoms with Crippen LogP contribution in [0.2, 0.25) is 5.02 Å². The Balaban J connectivity index is 0.810. The normalized spacial score (nSPS) is 18.7. The van der Waals surface area contributed by atoms with Crippen LogP contribution in [0.1, 0.15) is 83.9 Å². The van der Waals surface area contributed by atoms with Crippen molar-refractivity contribution in [2.75, 3.05) is 57.3 Å². The monoisotopic (exact) mass is 1100 g/mol. The number of carbonyl (C=O) groups is 3. The number of likely N-dealkylation sites (tertiary alicyclic amines) is 2. The Morgan fingerprint density at radius 3 is 2.36 bits per heavy atom. The quantitative estimate of drug-likeness (QED) is 0.0643. The molecule has 6 aromatic rings. The lowest BCUT2D eigenvalue weighted by Gasteiger charge is -2.37. The Morgan fingerprint density at radius 1 is 0.962 bits per heavy atom. The van der Waals surface area contributed by atoms with Crippen LogP contribution in [-0.4, -0.2) is 129 Å². The number of aryl methyl sites for hydroxylation is 1. The first kappa shape index (κ1) is 56.1. The fourth-order valence-corrected chi connectivity index (χ4v) is 12.6. The van der Waals surface area contributed by atoms with Crippen LogP contribution >= 0.6 is 22.9 Å². The van der Waals surface area contributed by atoms with E-state index in [1.54, 1.807) is 33.3 Å². The van der Waals surface area contributed by atoms with Crippen molar-refractivity contribution >= 4 is 68.2 Å². The van der Waals surface area contributed by atoms with Crippen LogP contribution in [0, 0.1) is 24.1 Å². The van der Waals surface area contributed by atoms with Crippen molar-refractivity contribution in [1.29, 1.82) is 0 Å². The number of nitrogens with zero attached hydrogens (tertiary/aromatic N) is 6. The maximum absolute atomic E-state index is 17.2. The van der Waals surface area contributed by atoms with E-state index in [-0.39, 0.29) is 70.7 Å². The zero-order valence-corrected chi connectivity index (χ0v) is 47.1. The molecule has 0 spiro atoms. The minimum absolute atomic E-state index is 0.00459. The molecule has 17 heteroatoms. The van der Waals surface area contributed by atoms with E-state index in [1.165, 1.54) is 28.1 Å². The number of anilines is 1. The predicted octanol–water partition coefficient (Wildman–Crippen LogP) is 10.4. The van der Waals surface area contributed by atoms with Crippen molar-refractivity contribution in [2.45, 2.75) is 104 Å². The number of thiophene rings is 1. The summed E-state index contributed by atoms with van der Waals surface area (Å²) in [6.45, 7) is 23.9. The van der Waals surface area contributed by atoms with Crippen LogP contribution in [0.25, 0.3) is 43.2 Å². The average Bonchev–Trinajstić information content (AvgIpc) is 4.17. The molecule has 3 aliphatic heterocycles. The Morgan fingerprint density at radius 2 is 1.68 bits per heavy atom. The van der Waals surface area contributed by atoms with Gasteiger partial charge >= 0.3 is 6.01 Å². The van der Waals surface area contributed by atoms with E-state index in [0.717, 1.165) is 36.9 Å². The lowest BCUT2D eigenvalue weighted by molar-refractivity contribution is -0.140. The van der Waals surface area contributed by atoms with Crippen LogP contribution in [0.5, 0.6) is 11.8 Å². The van der Waals surface area contributed by atoms with E-state index in [9.17, 15) is 24.6 Å². The van der Waals surface area contributed by atoms with Gasteiger partial charge in [0.05, 0.1) is 17.2 Å². The minimum atomic E-state index is -0.810. The highest BCUT2D eigenvalue weighted by Gasteiger charge is 2.43. The molecule has 4 N–H and O–H groups in total. The molecule has 78 heavy (non-hydrogen) atoms. The molecule has 9 rings (SSSR count). The van der Waals surface area contributed by atoms with Crippen LogP contribution < -0.4 is 20.3 Å². The summed E-state index contributed by atoms with van der Waals surface area (Å²) in [5.74, 6) is -0.539. The molecule has 3 fully saturated rings. The van der Waals surface area contributed by atoms with Gasteiger partial charge in [0.15, 0.2) is 5.82 Å². The largest absolute Gasteiger partial charge is 0.508 e. The fourth-order valence-electron chi connectivity index (χ4n) is 11.3. The first-order chi connectivity index (χ1) is 37.3. The number of piperidine rings is 1. The maximum Gasteiger partial charge on any atom is 0.319 e. The molecule has 0 radical (unpaired) electrons. The summed E-state index contributed by atoms with van der Waals surface area (Å²) in [6, 6.07) is 21.4. The Labute approximate surface area is 465 Å². The highest BCUT2D eigenvalue weighted by atomic mass is 35.5. The molecule has 412 valence electrons. The zero-order chi connectivity index (χ0) is 55.6. The smallest absolute Gasteiger partial charge is 0.319 e. The molecular weight excluding hydrogens is 1030 g/mol. The van der Waals surface area contributed by atoms with E-state index < -0.39 is 29.4 Å². The van der Waals surface area contributed by atoms with Crippen LogP contribution in [0.4, 0.5) is 10.2 Å². The number of hydrogen-bond donors (Lipinski definition) is 4. The van der Waals surface area contributed by atoms with Gasteiger partial charge in [-0.05, 0) is 133 Å². The number of amides is 3. The first-order valence-corrected chi connectivity index (χ1v) is 28.4. The van der Waals surface area contributed by atoms with Crippen molar-refractivity contribution in [1.82, 2.24) is 35.3 Å². The number of aromatic hydroxyl groups is 1. The van der Waals surface area contributed by atoms with Gasteiger partial charge in [0.2, 0.25) is 17.7 Å². The summed E-state index contributed by atoms with van der Waals surface area (Å²) < 4.78 is 23.7. The second kappa shape index (κ2) is 23.8. The van der Waals surface area contributed by atoms with Crippen molar-refractivity contribution in [3.63, 3.8) is 0 Å². The lowest BCUT2D eigenvalue weighted by Crippen LogP contribution is -2.56. The Kier molecular flexibility index (Phi) is 17.1. The number of aliphatic hydroxyl groups is 1. The number of phenolic OH excluding ortho intramolecular Hbond substituents is 1. The van der Waals surface area contributed by atoms with Gasteiger partial charge in [-0.25, -0.2) is 4.39 Å². The number of ether oxygens (including phenoxy) is 1. The standard InChI is InChI=1S/C61H72ClFN8O6S/c1-9-52(75)69-25-27-70(28-26-69)58-48-33-49(62)53(47-31-44(72)30-43-12-10-11-13-46(43)47)54(63)55(48)66-60(67-58)77-37(3)34-68-23-20-40(21-24-68)14-19-51(74)65-57(61(6,7)8)59(76)71-35-45(73)32-50(71)39(5)64-38(4)41-15-17-42(18-16-41)56-36(2)22-29-78-56/h9-13,15-18,22,29-31,33,37-38,40,45,50,57,64,72-73H,1,5,14,19-21,23-28,32,34-35H2,2-4,6-8H3,(H,65,74)/t37-,38+,45-,50+,57-/m1/s1. The number of hydrogen-bond acceptors (Lipinski definition) is 12. The van der Waals surface area contributed by atoms with Gasteiger partial charge in [-0.2, -0.15) is 9.97 Å². The number of phenols is 1. The first-order valence-electron chi connectivity index (χ1n) is 27.1. The lowest BCUT2D eigenvalue weighted by atomic mass is 9.85. The topological polar surface area (TPSA) is 164 Å². The van der Waals surface area contributed by atoms with Gasteiger partial charge in [0.1, 0.15) is 29.2 Å². The van der Waals surface area contributed by atoms with E-state index in [2.05, 4.69) is 83.2 Å². The number of β-amino-alcohol motifs (C(OH)–C–C–N with tert-alkyl or cyclic N) is 1. The van der Waals surface area contributed by atoms with E-state index in [0.29, 0.717) is 79.3 Å². The second-order valence-electron chi connectivity index (χ2n) is 22.4. The van der Waals surface area contributed by atoms with Gasteiger partial charge in [-0.1, -0.05) is 94.1 Å². The van der Waals surface area contributed by atoms with Crippen molar-refractivity contribution in [3.8, 4) is 33.3 Å². The van der Waals surface area contributed by atoms with Gasteiger partial charge in [-0.3, -0.25) is 19.3 Å². The molecule has 5 heterocycles. The number of rotatable bonds is 17. The number of halogens is 2. The molecule has 2 aromatic heterocycles. The second-order valence-corrected chi connectivity index (χ2v) is 23.7. The van der Waals surface area contributed by atoms with Crippen molar-refractivity contribution in [2.24, 2.45) is 11.3 Å². The molecule has 3 amide bonds. The third kappa shape index (κ3) is 12.5. The van der Waals surface area contributed by atoms with Crippen molar-refractivity contribution in [3.05, 3.63) is 125 Å². The molecule has 4 aromatic carbocycles. The summed E-state index contributed by atoms with van der Waals surface area (Å²) in [4.78, 5) is 59.2. The number of benzene rings is 4. The number of aromatic nitrogens is 2. The minimum Gasteiger partial charge on any atom is -0.508 e. The SMILES string of the molecule is C=CC(=O)N1CCN(c2nc(O[C@H](C)CN3CCC(CCC(=O)N[C@H](C(=O)N4C[C@H](O)C[C@H]4C(=C)N[C@@H](C)c4ccc(-c5sccc5C)cc4)C(C)(C)C)CC3)nc3c(F)c(-c4cc(O)cc5ccccc45)c(Cl)cc23)CC1. The van der Waals surface area contributed by atoms with Crippen molar-refractivity contribution < 1.29 is 33.7 Å². The maximum atomic E-state index is 17.2. The van der Waals surface area contributed by atoms with Gasteiger partial charge in [0, 0.05) is 79.7 Å². The Bertz CT molecular complexity index is 3200. The highest BCUT2D eigenvalue weighted by Crippen LogP contribution is 2.43. The van der Waals surface area contributed by atoms with E-state index in [4.69, 9.17) is 21.3 Å². The molecule has 0 saturated carbocycles. The molecule has 14 nitrogen and oxygen atoms in total. The summed E-state index contributed by atoms with van der Waals surface area (Å²) in [6.07, 6.45) is 3.24. The summed E-state index contributed by atoms with van der Waals surface area (Å²) in [7, 11) is 0. The number of carbonyl (C=O) groups excluding carboxylic acids is 3. The highest BCUT2D eigenvalue weighted by molar-refractivity contribution is 7.13. The summed E-state index contributed by atoms with van der Waals surface area (Å²) >= 11 is 8.68. The third-order valence-corrected chi connectivity index (χ3v) is 17.0.